The quantitative estimate of drug-likeness (QED) is 0.871. The van der Waals surface area contributed by atoms with E-state index in [9.17, 15) is 4.79 Å². The number of carbonyl (C=O) groups excluding carboxylic acids is 1. The molecule has 2 rings (SSSR count). The molecule has 20 heavy (non-hydrogen) atoms. The number of amides is 1. The van der Waals surface area contributed by atoms with Gasteiger partial charge in [-0.3, -0.25) is 9.48 Å². The van der Waals surface area contributed by atoms with Crippen LogP contribution in [0.2, 0.25) is 0 Å². The van der Waals surface area contributed by atoms with Gasteiger partial charge < -0.3 is 10.6 Å². The van der Waals surface area contributed by atoms with Crippen LogP contribution in [0.25, 0.3) is 0 Å². The molecule has 0 aliphatic rings. The van der Waals surface area contributed by atoms with Crippen molar-refractivity contribution in [3.05, 3.63) is 47.3 Å². The zero-order valence-electron chi connectivity index (χ0n) is 12.1. The smallest absolute Gasteiger partial charge is 0.251 e. The average molecular weight is 272 g/mol. The molecule has 0 aliphatic carbocycles. The number of aryl methyl sites for hydroxylation is 2. The molecule has 0 spiro atoms. The van der Waals surface area contributed by atoms with Gasteiger partial charge in [-0.1, -0.05) is 0 Å². The standard InChI is InChI=1S/C15H20N4O/c1-11-10-12(16-2)4-5-14(11)15(20)17-8-6-13-7-9-18-19(13)3/h4-5,7,9-10,16H,6,8H2,1-3H3,(H,17,20). The first-order chi connectivity index (χ1) is 9.61. The minimum absolute atomic E-state index is 0.0349. The number of benzene rings is 1. The maximum atomic E-state index is 12.1. The zero-order chi connectivity index (χ0) is 14.5. The monoisotopic (exact) mass is 272 g/mol. The summed E-state index contributed by atoms with van der Waals surface area (Å²) >= 11 is 0. The van der Waals surface area contributed by atoms with Gasteiger partial charge in [-0.25, -0.2) is 0 Å². The minimum atomic E-state index is -0.0349. The van der Waals surface area contributed by atoms with Gasteiger partial charge in [0.25, 0.3) is 5.91 Å². The first kappa shape index (κ1) is 14.1. The summed E-state index contributed by atoms with van der Waals surface area (Å²) in [7, 11) is 3.76. The Bertz CT molecular complexity index is 604. The average Bonchev–Trinajstić information content (AvgIpc) is 2.84. The molecule has 0 atom stereocenters. The van der Waals surface area contributed by atoms with Crippen molar-refractivity contribution < 1.29 is 4.79 Å². The Morgan fingerprint density at radius 3 is 2.75 bits per heavy atom. The van der Waals surface area contributed by atoms with Crippen LogP contribution in [0.1, 0.15) is 21.6 Å². The molecule has 0 aliphatic heterocycles. The topological polar surface area (TPSA) is 59.0 Å². The van der Waals surface area contributed by atoms with E-state index in [1.807, 2.05) is 50.0 Å². The number of rotatable bonds is 5. The largest absolute Gasteiger partial charge is 0.388 e. The van der Waals surface area contributed by atoms with Gasteiger partial charge in [0.05, 0.1) is 0 Å². The minimum Gasteiger partial charge on any atom is -0.388 e. The van der Waals surface area contributed by atoms with E-state index in [4.69, 9.17) is 0 Å². The molecule has 2 aromatic rings. The Morgan fingerprint density at radius 2 is 2.15 bits per heavy atom. The second-order valence-corrected chi connectivity index (χ2v) is 4.73. The number of anilines is 1. The summed E-state index contributed by atoms with van der Waals surface area (Å²) in [6, 6.07) is 7.68. The van der Waals surface area contributed by atoms with Gasteiger partial charge >= 0.3 is 0 Å². The SMILES string of the molecule is CNc1ccc(C(=O)NCCc2ccnn2C)c(C)c1. The van der Waals surface area contributed by atoms with E-state index in [0.29, 0.717) is 12.1 Å². The normalized spacial score (nSPS) is 10.3. The predicted octanol–water partition coefficient (Wildman–Crippen LogP) is 1.74. The number of nitrogens with one attached hydrogen (secondary N) is 2. The molecule has 2 N–H and O–H groups in total. The lowest BCUT2D eigenvalue weighted by molar-refractivity contribution is 0.0953. The molecule has 1 aromatic carbocycles. The fourth-order valence-corrected chi connectivity index (χ4v) is 2.12. The molecule has 0 saturated carbocycles. The van der Waals surface area contributed by atoms with Crippen LogP contribution in [-0.2, 0) is 13.5 Å². The van der Waals surface area contributed by atoms with Crippen molar-refractivity contribution in [3.63, 3.8) is 0 Å². The predicted molar refractivity (Wildman–Crippen MR) is 80.0 cm³/mol. The van der Waals surface area contributed by atoms with Crippen LogP contribution in [0.4, 0.5) is 5.69 Å². The highest BCUT2D eigenvalue weighted by Gasteiger charge is 2.09. The molecule has 1 amide bonds. The third-order valence-electron chi connectivity index (χ3n) is 3.35. The summed E-state index contributed by atoms with van der Waals surface area (Å²) in [5.74, 6) is -0.0349. The summed E-state index contributed by atoms with van der Waals surface area (Å²) in [6.45, 7) is 2.54. The van der Waals surface area contributed by atoms with Gasteiger partial charge in [-0.2, -0.15) is 5.10 Å². The van der Waals surface area contributed by atoms with E-state index < -0.39 is 0 Å². The molecular weight excluding hydrogens is 252 g/mol. The maximum Gasteiger partial charge on any atom is 0.251 e. The second-order valence-electron chi connectivity index (χ2n) is 4.73. The van der Waals surface area contributed by atoms with Gasteiger partial charge in [0.15, 0.2) is 0 Å². The van der Waals surface area contributed by atoms with Crippen molar-refractivity contribution in [2.45, 2.75) is 13.3 Å². The van der Waals surface area contributed by atoms with Crippen molar-refractivity contribution in [2.24, 2.45) is 7.05 Å². The first-order valence-corrected chi connectivity index (χ1v) is 6.65. The molecular formula is C15H20N4O. The Kier molecular flexibility index (Phi) is 4.40. The molecule has 1 heterocycles. The molecule has 0 saturated heterocycles. The van der Waals surface area contributed by atoms with Crippen LogP contribution in [0.5, 0.6) is 0 Å². The highest BCUT2D eigenvalue weighted by molar-refractivity contribution is 5.96. The van der Waals surface area contributed by atoms with Gasteiger partial charge in [0.2, 0.25) is 0 Å². The van der Waals surface area contributed by atoms with E-state index >= 15 is 0 Å². The Morgan fingerprint density at radius 1 is 1.35 bits per heavy atom. The fourth-order valence-electron chi connectivity index (χ4n) is 2.12. The van der Waals surface area contributed by atoms with Crippen LogP contribution in [0.15, 0.2) is 30.5 Å². The van der Waals surface area contributed by atoms with Gasteiger partial charge in [-0.05, 0) is 36.8 Å². The van der Waals surface area contributed by atoms with E-state index in [2.05, 4.69) is 15.7 Å². The third kappa shape index (κ3) is 3.17. The molecule has 0 fully saturated rings. The molecule has 5 heteroatoms. The van der Waals surface area contributed by atoms with Crippen LogP contribution >= 0.6 is 0 Å². The molecule has 0 radical (unpaired) electrons. The zero-order valence-corrected chi connectivity index (χ0v) is 12.1. The van der Waals surface area contributed by atoms with E-state index in [1.54, 1.807) is 6.20 Å². The number of hydrogen-bond acceptors (Lipinski definition) is 3. The van der Waals surface area contributed by atoms with Crippen LogP contribution in [0, 0.1) is 6.92 Å². The number of aromatic nitrogens is 2. The van der Waals surface area contributed by atoms with Gasteiger partial charge in [0, 0.05) is 50.2 Å². The van der Waals surface area contributed by atoms with Gasteiger partial charge in [-0.15, -0.1) is 0 Å². The number of carbonyl (C=O) groups is 1. The highest BCUT2D eigenvalue weighted by atomic mass is 16.1. The Balaban J connectivity index is 1.93. The summed E-state index contributed by atoms with van der Waals surface area (Å²) in [6.07, 6.45) is 2.54. The summed E-state index contributed by atoms with van der Waals surface area (Å²) in [5.41, 5.74) is 3.80. The van der Waals surface area contributed by atoms with Crippen molar-refractivity contribution in [3.8, 4) is 0 Å². The van der Waals surface area contributed by atoms with Crippen LogP contribution < -0.4 is 10.6 Å². The first-order valence-electron chi connectivity index (χ1n) is 6.65. The van der Waals surface area contributed by atoms with Gasteiger partial charge in [0.1, 0.15) is 0 Å². The lowest BCUT2D eigenvalue weighted by atomic mass is 10.1. The van der Waals surface area contributed by atoms with Crippen LogP contribution in [0.3, 0.4) is 0 Å². The summed E-state index contributed by atoms with van der Waals surface area (Å²) in [5, 5.41) is 10.1. The molecule has 106 valence electrons. The van der Waals surface area contributed by atoms with E-state index in [1.165, 1.54) is 0 Å². The summed E-state index contributed by atoms with van der Waals surface area (Å²) in [4.78, 5) is 12.1. The fraction of sp³-hybridized carbons (Fsp3) is 0.333. The molecule has 0 bridgehead atoms. The molecule has 1 aromatic heterocycles. The lowest BCUT2D eigenvalue weighted by Crippen LogP contribution is -2.26. The Hall–Kier alpha value is -2.30. The summed E-state index contributed by atoms with van der Waals surface area (Å²) < 4.78 is 1.82. The highest BCUT2D eigenvalue weighted by Crippen LogP contribution is 2.14. The maximum absolute atomic E-state index is 12.1. The van der Waals surface area contributed by atoms with Crippen molar-refractivity contribution in [1.82, 2.24) is 15.1 Å². The number of nitrogens with zero attached hydrogens (tertiary/aromatic N) is 2. The van der Waals surface area contributed by atoms with E-state index in [-0.39, 0.29) is 5.91 Å². The van der Waals surface area contributed by atoms with Crippen molar-refractivity contribution in [1.29, 1.82) is 0 Å². The molecule has 5 nitrogen and oxygen atoms in total. The second kappa shape index (κ2) is 6.23. The number of hydrogen-bond donors (Lipinski definition) is 2. The van der Waals surface area contributed by atoms with Crippen molar-refractivity contribution in [2.75, 3.05) is 18.9 Å². The molecule has 0 unspecified atom stereocenters. The lowest BCUT2D eigenvalue weighted by Gasteiger charge is -2.09. The van der Waals surface area contributed by atoms with Crippen molar-refractivity contribution >= 4 is 11.6 Å². The van der Waals surface area contributed by atoms with Crippen LogP contribution in [-0.4, -0.2) is 29.3 Å². The third-order valence-corrected chi connectivity index (χ3v) is 3.35. The Labute approximate surface area is 119 Å². The van der Waals surface area contributed by atoms with E-state index in [0.717, 1.165) is 23.4 Å².